The molecule has 0 spiro atoms. The van der Waals surface area contributed by atoms with Crippen molar-refractivity contribution in [3.05, 3.63) is 0 Å². The lowest BCUT2D eigenvalue weighted by Crippen LogP contribution is -2.38. The van der Waals surface area contributed by atoms with Crippen molar-refractivity contribution < 1.29 is 14.6 Å². The van der Waals surface area contributed by atoms with Crippen LogP contribution >= 0.6 is 0 Å². The maximum absolute atomic E-state index is 11.3. The van der Waals surface area contributed by atoms with E-state index in [1.165, 1.54) is 12.8 Å². The Morgan fingerprint density at radius 1 is 1.47 bits per heavy atom. The monoisotopic (exact) mass is 272 g/mol. The number of likely N-dealkylation sites (tertiary alicyclic amines) is 1. The highest BCUT2D eigenvalue weighted by molar-refractivity contribution is 5.69. The molecule has 0 aromatic heterocycles. The summed E-state index contributed by atoms with van der Waals surface area (Å²) < 4.78 is 4.83. The van der Waals surface area contributed by atoms with Crippen LogP contribution < -0.4 is 0 Å². The predicted molar refractivity (Wildman–Crippen MR) is 75.0 cm³/mol. The van der Waals surface area contributed by atoms with Crippen molar-refractivity contribution in [3.8, 4) is 0 Å². The third-order valence-corrected chi connectivity index (χ3v) is 3.64. The molecular weight excluding hydrogens is 244 g/mol. The van der Waals surface area contributed by atoms with Gasteiger partial charge in [-0.3, -0.25) is 4.79 Å². The number of carbonyl (C=O) groups is 1. The van der Waals surface area contributed by atoms with Gasteiger partial charge in [0.1, 0.15) is 0 Å². The fraction of sp³-hybridized carbons (Fsp3) is 0.929. The first kappa shape index (κ1) is 16.4. The number of likely N-dealkylation sites (N-methyl/N-ethyl adjacent to an activating group) is 1. The summed E-state index contributed by atoms with van der Waals surface area (Å²) >= 11 is 0. The van der Waals surface area contributed by atoms with Gasteiger partial charge < -0.3 is 19.6 Å². The minimum atomic E-state index is -0.629. The normalized spacial score (nSPS) is 19.6. The van der Waals surface area contributed by atoms with Crippen LogP contribution in [0.3, 0.4) is 0 Å². The van der Waals surface area contributed by atoms with Gasteiger partial charge in [-0.25, -0.2) is 0 Å². The molecule has 1 aliphatic rings. The molecule has 1 unspecified atom stereocenters. The van der Waals surface area contributed by atoms with Crippen LogP contribution in [0.1, 0.15) is 26.2 Å². The van der Waals surface area contributed by atoms with Gasteiger partial charge in [0.05, 0.1) is 19.1 Å². The summed E-state index contributed by atoms with van der Waals surface area (Å²) in [5.74, 6) is 0.388. The highest BCUT2D eigenvalue weighted by Crippen LogP contribution is 2.16. The number of hydrogen-bond donors (Lipinski definition) is 1. The van der Waals surface area contributed by atoms with E-state index in [0.717, 1.165) is 19.6 Å². The second-order valence-electron chi connectivity index (χ2n) is 5.63. The van der Waals surface area contributed by atoms with Crippen molar-refractivity contribution in [1.29, 1.82) is 0 Å². The van der Waals surface area contributed by atoms with E-state index in [4.69, 9.17) is 4.74 Å². The van der Waals surface area contributed by atoms with Gasteiger partial charge in [0.15, 0.2) is 0 Å². The number of esters is 1. The average Bonchev–Trinajstić information content (AvgIpc) is 2.32. The highest BCUT2D eigenvalue weighted by Gasteiger charge is 2.20. The molecule has 1 heterocycles. The Balaban J connectivity index is 2.19. The second-order valence-corrected chi connectivity index (χ2v) is 5.63. The van der Waals surface area contributed by atoms with Crippen molar-refractivity contribution in [2.75, 3.05) is 46.9 Å². The predicted octanol–water partition coefficient (Wildman–Crippen LogP) is 0.574. The van der Waals surface area contributed by atoms with Crippen molar-refractivity contribution >= 4 is 5.97 Å². The van der Waals surface area contributed by atoms with Crippen LogP contribution in [0.4, 0.5) is 0 Å². The molecule has 1 fully saturated rings. The molecule has 0 aromatic rings. The maximum Gasteiger partial charge on any atom is 0.308 e. The summed E-state index contributed by atoms with van der Waals surface area (Å²) in [5, 5.41) is 9.84. The quantitative estimate of drug-likeness (QED) is 0.687. The molecule has 1 atom stereocenters. The van der Waals surface area contributed by atoms with Crippen LogP contribution in [0, 0.1) is 5.92 Å². The number of hydrogen-bond acceptors (Lipinski definition) is 5. The fourth-order valence-corrected chi connectivity index (χ4v) is 2.60. The lowest BCUT2D eigenvalue weighted by molar-refractivity contribution is -0.145. The molecule has 1 rings (SSSR count). The molecule has 1 N–H and O–H groups in total. The lowest BCUT2D eigenvalue weighted by atomic mass is 9.96. The van der Waals surface area contributed by atoms with Gasteiger partial charge >= 0.3 is 5.97 Å². The number of rotatable bonds is 7. The summed E-state index contributed by atoms with van der Waals surface area (Å²) in [7, 11) is 4.16. The van der Waals surface area contributed by atoms with Gasteiger partial charge in [-0.15, -0.1) is 0 Å². The second kappa shape index (κ2) is 8.51. The van der Waals surface area contributed by atoms with Gasteiger partial charge in [-0.2, -0.15) is 0 Å². The Hall–Kier alpha value is -0.650. The minimum absolute atomic E-state index is 0.0889. The topological polar surface area (TPSA) is 53.0 Å². The Labute approximate surface area is 116 Å². The molecule has 1 aliphatic heterocycles. The molecule has 5 nitrogen and oxygen atoms in total. The van der Waals surface area contributed by atoms with E-state index in [1.54, 1.807) is 6.92 Å². The average molecular weight is 272 g/mol. The van der Waals surface area contributed by atoms with Crippen LogP contribution in [-0.2, 0) is 9.53 Å². The number of piperidine rings is 1. The zero-order valence-corrected chi connectivity index (χ0v) is 12.5. The van der Waals surface area contributed by atoms with Gasteiger partial charge in [0.2, 0.25) is 0 Å². The summed E-state index contributed by atoms with van der Waals surface area (Å²) in [6.07, 6.45) is 1.89. The number of ether oxygens (including phenoxy) is 1. The van der Waals surface area contributed by atoms with E-state index in [1.807, 2.05) is 7.05 Å². The van der Waals surface area contributed by atoms with Gasteiger partial charge in [0.25, 0.3) is 0 Å². The minimum Gasteiger partial charge on any atom is -0.466 e. The number of aliphatic hydroxyl groups is 1. The van der Waals surface area contributed by atoms with Crippen LogP contribution in [0.25, 0.3) is 0 Å². The van der Waals surface area contributed by atoms with Crippen molar-refractivity contribution in [2.24, 2.45) is 5.92 Å². The summed E-state index contributed by atoms with van der Waals surface area (Å²) in [6.45, 7) is 5.99. The van der Waals surface area contributed by atoms with Crippen LogP contribution in [0.15, 0.2) is 0 Å². The number of aliphatic hydroxyl groups excluding tert-OH is 1. The van der Waals surface area contributed by atoms with Crippen LogP contribution in [0.2, 0.25) is 0 Å². The molecule has 0 saturated carbocycles. The summed E-state index contributed by atoms with van der Waals surface area (Å²) in [4.78, 5) is 15.7. The molecule has 5 heteroatoms. The van der Waals surface area contributed by atoms with Crippen molar-refractivity contribution in [3.63, 3.8) is 0 Å². The standard InChI is InChI=1S/C14H28N2O3/c1-4-19-14(18)9-13(17)11-16(3)10-12-5-7-15(2)8-6-12/h12-13,17H,4-11H2,1-3H3. The maximum atomic E-state index is 11.3. The van der Waals surface area contributed by atoms with Crippen LogP contribution in [0.5, 0.6) is 0 Å². The van der Waals surface area contributed by atoms with E-state index in [-0.39, 0.29) is 12.4 Å². The van der Waals surface area contributed by atoms with E-state index >= 15 is 0 Å². The first-order chi connectivity index (χ1) is 9.01. The molecule has 0 amide bonds. The molecular formula is C14H28N2O3. The molecule has 0 aromatic carbocycles. The molecule has 1 saturated heterocycles. The number of nitrogens with zero attached hydrogens (tertiary/aromatic N) is 2. The largest absolute Gasteiger partial charge is 0.466 e. The van der Waals surface area contributed by atoms with E-state index in [9.17, 15) is 9.90 Å². The van der Waals surface area contributed by atoms with Crippen LogP contribution in [-0.4, -0.2) is 73.9 Å². The van der Waals surface area contributed by atoms with Gasteiger partial charge in [-0.1, -0.05) is 0 Å². The Bertz CT molecular complexity index is 265. The van der Waals surface area contributed by atoms with E-state index in [0.29, 0.717) is 19.1 Å². The van der Waals surface area contributed by atoms with E-state index in [2.05, 4.69) is 16.8 Å². The van der Waals surface area contributed by atoms with E-state index < -0.39 is 6.10 Å². The molecule has 0 radical (unpaired) electrons. The third kappa shape index (κ3) is 6.89. The lowest BCUT2D eigenvalue weighted by Gasteiger charge is -2.32. The summed E-state index contributed by atoms with van der Waals surface area (Å²) in [6, 6.07) is 0. The fourth-order valence-electron chi connectivity index (χ4n) is 2.60. The molecule has 0 bridgehead atoms. The van der Waals surface area contributed by atoms with Crippen molar-refractivity contribution in [1.82, 2.24) is 9.80 Å². The Kier molecular flexibility index (Phi) is 7.34. The first-order valence-electron chi connectivity index (χ1n) is 7.22. The Morgan fingerprint density at radius 3 is 2.68 bits per heavy atom. The zero-order valence-electron chi connectivity index (χ0n) is 12.5. The molecule has 19 heavy (non-hydrogen) atoms. The summed E-state index contributed by atoms with van der Waals surface area (Å²) in [5.41, 5.74) is 0. The van der Waals surface area contributed by atoms with Gasteiger partial charge in [-0.05, 0) is 52.9 Å². The molecule has 112 valence electrons. The smallest absolute Gasteiger partial charge is 0.308 e. The first-order valence-corrected chi connectivity index (χ1v) is 7.22. The van der Waals surface area contributed by atoms with Gasteiger partial charge in [0, 0.05) is 13.1 Å². The highest BCUT2D eigenvalue weighted by atomic mass is 16.5. The molecule has 0 aliphatic carbocycles. The zero-order chi connectivity index (χ0) is 14.3. The SMILES string of the molecule is CCOC(=O)CC(O)CN(C)CC1CCN(C)CC1. The third-order valence-electron chi connectivity index (χ3n) is 3.64. The number of carbonyl (C=O) groups excluding carboxylic acids is 1. The Morgan fingerprint density at radius 2 is 2.11 bits per heavy atom. The van der Waals surface area contributed by atoms with Crippen molar-refractivity contribution in [2.45, 2.75) is 32.3 Å².